The first-order valence-electron chi connectivity index (χ1n) is 9.54. The highest BCUT2D eigenvalue weighted by molar-refractivity contribution is 6.31. The van der Waals surface area contributed by atoms with E-state index >= 15 is 0 Å². The van der Waals surface area contributed by atoms with Crippen molar-refractivity contribution in [2.24, 2.45) is 0 Å². The van der Waals surface area contributed by atoms with Gasteiger partial charge in [-0.15, -0.1) is 0 Å². The molecule has 0 fully saturated rings. The van der Waals surface area contributed by atoms with Crippen molar-refractivity contribution in [1.29, 1.82) is 0 Å². The zero-order valence-electron chi connectivity index (χ0n) is 16.9. The number of hydrogen-bond donors (Lipinski definition) is 3. The monoisotopic (exact) mass is 421 g/mol. The first kappa shape index (κ1) is 22.6. The van der Waals surface area contributed by atoms with E-state index in [2.05, 4.69) is 29.6 Å². The molecule has 2 aromatic carbocycles. The summed E-state index contributed by atoms with van der Waals surface area (Å²) in [6.45, 7) is 6.20. The molecule has 0 aliphatic heterocycles. The summed E-state index contributed by atoms with van der Waals surface area (Å²) in [4.78, 5) is 27.2. The van der Waals surface area contributed by atoms with E-state index in [0.717, 1.165) is 23.7 Å². The van der Waals surface area contributed by atoms with Gasteiger partial charge in [0.1, 0.15) is 12.4 Å². The third-order valence-electron chi connectivity index (χ3n) is 4.58. The standard InChI is InChI=1S/C21H26ClFN4O2/c1-4-27(5-2)16-11-9-15(10-12-16)21(29)25-24-20(28)14-26(3)13-17-18(22)7-6-8-19(17)23/h6-12H,4-5,13-14H2,1-3H3,(H,24,28)(H,25,29)/p+1. The van der Waals surface area contributed by atoms with Crippen molar-refractivity contribution in [3.05, 3.63) is 64.4 Å². The average molecular weight is 422 g/mol. The largest absolute Gasteiger partial charge is 0.372 e. The topological polar surface area (TPSA) is 65.9 Å². The molecule has 0 spiro atoms. The number of carbonyl (C=O) groups excluding carboxylic acids is 2. The van der Waals surface area contributed by atoms with Gasteiger partial charge >= 0.3 is 0 Å². The van der Waals surface area contributed by atoms with Crippen molar-refractivity contribution >= 4 is 29.1 Å². The predicted octanol–water partition coefficient (Wildman–Crippen LogP) is 1.80. The van der Waals surface area contributed by atoms with E-state index in [9.17, 15) is 14.0 Å². The van der Waals surface area contributed by atoms with Crippen LogP contribution in [0.3, 0.4) is 0 Å². The number of rotatable bonds is 8. The maximum Gasteiger partial charge on any atom is 0.293 e. The van der Waals surface area contributed by atoms with E-state index in [-0.39, 0.29) is 19.0 Å². The Balaban J connectivity index is 1.84. The van der Waals surface area contributed by atoms with Gasteiger partial charge in [0.05, 0.1) is 17.6 Å². The van der Waals surface area contributed by atoms with Gasteiger partial charge in [0.2, 0.25) is 0 Å². The fourth-order valence-electron chi connectivity index (χ4n) is 2.99. The lowest BCUT2D eigenvalue weighted by atomic mass is 10.2. The Kier molecular flexibility index (Phi) is 8.42. The molecular formula is C21H27ClFN4O2+. The van der Waals surface area contributed by atoms with Gasteiger partial charge in [-0.3, -0.25) is 20.4 Å². The second kappa shape index (κ2) is 10.8. The van der Waals surface area contributed by atoms with Crippen LogP contribution in [0.1, 0.15) is 29.8 Å². The third kappa shape index (κ3) is 6.44. The SMILES string of the molecule is CCN(CC)c1ccc(C(=O)NNC(=O)C[NH+](C)Cc2c(F)cccc2Cl)cc1. The van der Waals surface area contributed by atoms with Gasteiger partial charge < -0.3 is 9.80 Å². The van der Waals surface area contributed by atoms with Crippen molar-refractivity contribution in [3.63, 3.8) is 0 Å². The molecule has 2 amide bonds. The number of hydrogen-bond acceptors (Lipinski definition) is 3. The van der Waals surface area contributed by atoms with Crippen LogP contribution in [0.5, 0.6) is 0 Å². The zero-order chi connectivity index (χ0) is 21.4. The Morgan fingerprint density at radius 1 is 1.07 bits per heavy atom. The normalized spacial score (nSPS) is 11.6. The van der Waals surface area contributed by atoms with Crippen LogP contribution in [0.2, 0.25) is 5.02 Å². The molecule has 2 rings (SSSR count). The zero-order valence-corrected chi connectivity index (χ0v) is 17.6. The minimum absolute atomic E-state index is 0.0475. The highest BCUT2D eigenvalue weighted by Gasteiger charge is 2.16. The van der Waals surface area contributed by atoms with E-state index in [4.69, 9.17) is 11.6 Å². The second-order valence-electron chi connectivity index (χ2n) is 6.73. The number of nitrogens with zero attached hydrogens (tertiary/aromatic N) is 1. The van der Waals surface area contributed by atoms with E-state index in [1.54, 1.807) is 25.2 Å². The Morgan fingerprint density at radius 2 is 1.72 bits per heavy atom. The summed E-state index contributed by atoms with van der Waals surface area (Å²) in [5.41, 5.74) is 6.63. The fourth-order valence-corrected chi connectivity index (χ4v) is 3.22. The molecule has 156 valence electrons. The molecule has 29 heavy (non-hydrogen) atoms. The predicted molar refractivity (Wildman–Crippen MR) is 112 cm³/mol. The maximum atomic E-state index is 13.9. The minimum Gasteiger partial charge on any atom is -0.372 e. The summed E-state index contributed by atoms with van der Waals surface area (Å²) in [6, 6.07) is 11.7. The van der Waals surface area contributed by atoms with Gasteiger partial charge in [0.25, 0.3) is 11.8 Å². The summed E-state index contributed by atoms with van der Waals surface area (Å²) < 4.78 is 13.9. The van der Waals surface area contributed by atoms with Crippen molar-refractivity contribution in [2.75, 3.05) is 31.6 Å². The highest BCUT2D eigenvalue weighted by atomic mass is 35.5. The Bertz CT molecular complexity index is 821. The van der Waals surface area contributed by atoms with Crippen LogP contribution >= 0.6 is 11.6 Å². The Hall–Kier alpha value is -2.64. The summed E-state index contributed by atoms with van der Waals surface area (Å²) in [5, 5.41) is 0.325. The summed E-state index contributed by atoms with van der Waals surface area (Å²) in [7, 11) is 1.75. The molecule has 6 nitrogen and oxygen atoms in total. The quantitative estimate of drug-likeness (QED) is 0.569. The lowest BCUT2D eigenvalue weighted by molar-refractivity contribution is -0.885. The lowest BCUT2D eigenvalue weighted by Crippen LogP contribution is -3.09. The molecule has 0 bridgehead atoms. The molecule has 0 saturated heterocycles. The number of anilines is 1. The minimum atomic E-state index is -0.404. The molecule has 1 unspecified atom stereocenters. The molecular weight excluding hydrogens is 395 g/mol. The van der Waals surface area contributed by atoms with Crippen LogP contribution in [0.15, 0.2) is 42.5 Å². The summed E-state index contributed by atoms with van der Waals surface area (Å²) in [6.07, 6.45) is 0. The molecule has 1 atom stereocenters. The van der Waals surface area contributed by atoms with Gasteiger partial charge in [-0.25, -0.2) is 4.39 Å². The van der Waals surface area contributed by atoms with Gasteiger partial charge in [-0.1, -0.05) is 17.7 Å². The van der Waals surface area contributed by atoms with Crippen molar-refractivity contribution in [1.82, 2.24) is 10.9 Å². The number of halogens is 2. The fraction of sp³-hybridized carbons (Fsp3) is 0.333. The molecule has 0 aliphatic rings. The molecule has 0 radical (unpaired) electrons. The van der Waals surface area contributed by atoms with Crippen molar-refractivity contribution in [3.8, 4) is 0 Å². The van der Waals surface area contributed by atoms with E-state index < -0.39 is 11.7 Å². The van der Waals surface area contributed by atoms with Crippen LogP contribution in [-0.4, -0.2) is 38.5 Å². The molecule has 0 aliphatic carbocycles. The third-order valence-corrected chi connectivity index (χ3v) is 4.93. The van der Waals surface area contributed by atoms with E-state index in [0.29, 0.717) is 16.1 Å². The number of hydrazine groups is 1. The number of likely N-dealkylation sites (N-methyl/N-ethyl adjacent to an activating group) is 1. The van der Waals surface area contributed by atoms with Crippen LogP contribution in [0.25, 0.3) is 0 Å². The Labute approximate surface area is 175 Å². The first-order valence-corrected chi connectivity index (χ1v) is 9.91. The number of quaternary nitrogens is 1. The van der Waals surface area contributed by atoms with Crippen molar-refractivity contribution < 1.29 is 18.9 Å². The van der Waals surface area contributed by atoms with Gasteiger partial charge in [0.15, 0.2) is 6.54 Å². The average Bonchev–Trinajstić information content (AvgIpc) is 2.70. The maximum absolute atomic E-state index is 13.9. The van der Waals surface area contributed by atoms with Gasteiger partial charge in [-0.05, 0) is 50.2 Å². The first-order chi connectivity index (χ1) is 13.8. The number of amides is 2. The second-order valence-corrected chi connectivity index (χ2v) is 7.14. The smallest absolute Gasteiger partial charge is 0.293 e. The molecule has 0 heterocycles. The number of nitrogens with one attached hydrogen (secondary N) is 3. The molecule has 0 saturated carbocycles. The van der Waals surface area contributed by atoms with Gasteiger partial charge in [-0.2, -0.15) is 0 Å². The molecule has 2 aromatic rings. The van der Waals surface area contributed by atoms with Crippen LogP contribution < -0.4 is 20.7 Å². The lowest BCUT2D eigenvalue weighted by Gasteiger charge is -2.21. The summed E-state index contributed by atoms with van der Waals surface area (Å²) >= 11 is 6.02. The van der Waals surface area contributed by atoms with Crippen LogP contribution in [0.4, 0.5) is 10.1 Å². The molecule has 8 heteroatoms. The molecule has 0 aromatic heterocycles. The molecule has 3 N–H and O–H groups in total. The van der Waals surface area contributed by atoms with Crippen LogP contribution in [-0.2, 0) is 11.3 Å². The van der Waals surface area contributed by atoms with Crippen LogP contribution in [0, 0.1) is 5.82 Å². The van der Waals surface area contributed by atoms with Crippen molar-refractivity contribution in [2.45, 2.75) is 20.4 Å². The van der Waals surface area contributed by atoms with Gasteiger partial charge in [0, 0.05) is 24.3 Å². The summed E-state index contributed by atoms with van der Waals surface area (Å²) in [5.74, 6) is -1.19. The number of benzene rings is 2. The Morgan fingerprint density at radius 3 is 2.31 bits per heavy atom. The van der Waals surface area contributed by atoms with E-state index in [1.165, 1.54) is 12.1 Å². The highest BCUT2D eigenvalue weighted by Crippen LogP contribution is 2.17. The van der Waals surface area contributed by atoms with E-state index in [1.807, 2.05) is 12.1 Å². The number of carbonyl (C=O) groups is 2.